The van der Waals surface area contributed by atoms with Gasteiger partial charge in [-0.15, -0.1) is 0 Å². The van der Waals surface area contributed by atoms with Gasteiger partial charge in [-0.25, -0.2) is 18.2 Å². The molecule has 3 aromatic carbocycles. The van der Waals surface area contributed by atoms with Gasteiger partial charge >= 0.3 is 12.1 Å². The Labute approximate surface area is 228 Å². The van der Waals surface area contributed by atoms with Crippen LogP contribution in [-0.4, -0.2) is 30.5 Å². The number of carboxylic acid groups (broad SMARTS) is 1. The van der Waals surface area contributed by atoms with E-state index >= 15 is 0 Å². The quantitative estimate of drug-likeness (QED) is 0.285. The van der Waals surface area contributed by atoms with Crippen LogP contribution in [0.3, 0.4) is 0 Å². The molecular formula is C28H25F3N2O6S. The average Bonchev–Trinajstić information content (AvgIpc) is 3.48. The Kier molecular flexibility index (Phi) is 7.66. The summed E-state index contributed by atoms with van der Waals surface area (Å²) in [7, 11) is -4.18. The molecule has 1 aliphatic heterocycles. The molecule has 0 spiro atoms. The van der Waals surface area contributed by atoms with E-state index in [4.69, 9.17) is 9.15 Å². The Morgan fingerprint density at radius 2 is 1.73 bits per heavy atom. The lowest BCUT2D eigenvalue weighted by molar-refractivity contribution is -0.138. The Morgan fingerprint density at radius 3 is 2.35 bits per heavy atom. The van der Waals surface area contributed by atoms with Crippen LogP contribution in [0.1, 0.15) is 30.0 Å². The second-order valence-electron chi connectivity index (χ2n) is 8.84. The van der Waals surface area contributed by atoms with Crippen LogP contribution in [0.15, 0.2) is 82.1 Å². The van der Waals surface area contributed by atoms with Gasteiger partial charge in [0.15, 0.2) is 0 Å². The number of para-hydroxylation sites is 1. The summed E-state index contributed by atoms with van der Waals surface area (Å²) in [5.74, 6) is -0.367. The fourth-order valence-corrected chi connectivity index (χ4v) is 5.95. The number of aryl methyl sites for hydroxylation is 1. The Balaban J connectivity index is 0.00000370. The highest BCUT2D eigenvalue weighted by atomic mass is 32.2. The minimum atomic E-state index is -4.45. The number of carboxylic acids is 1. The zero-order valence-corrected chi connectivity index (χ0v) is 21.2. The molecule has 1 aliphatic rings. The van der Waals surface area contributed by atoms with Crippen molar-refractivity contribution < 1.29 is 40.6 Å². The molecule has 0 unspecified atom stereocenters. The average molecular weight is 575 g/mol. The van der Waals surface area contributed by atoms with Crippen molar-refractivity contribution in [2.75, 3.05) is 4.31 Å². The fourth-order valence-electron chi connectivity index (χ4n) is 4.30. The summed E-state index contributed by atoms with van der Waals surface area (Å²) in [5, 5.41) is 9.64. The second kappa shape index (κ2) is 10.7. The number of alkyl halides is 3. The standard InChI is InChI=1S/C27H21F3N2O6S.CH4/c1-16-22(31-25(38-16)17-6-8-19(9-7-17)27(28,29)30)15-37-20-10-12-21(13-11-20)39(35,36)32-23-5-3-2-4-18(23)14-24(32)26(33)34;/h2-13,24H,14-15H2,1H3,(H,33,34);1H4/t24-;/m0./s1. The number of halogens is 3. The first-order valence-corrected chi connectivity index (χ1v) is 13.1. The number of ether oxygens (including phenoxy) is 1. The van der Waals surface area contributed by atoms with Crippen molar-refractivity contribution in [1.82, 2.24) is 4.98 Å². The van der Waals surface area contributed by atoms with Gasteiger partial charge in [0.1, 0.15) is 29.9 Å². The molecule has 0 saturated carbocycles. The monoisotopic (exact) mass is 574 g/mol. The van der Waals surface area contributed by atoms with E-state index in [1.807, 2.05) is 0 Å². The molecule has 0 saturated heterocycles. The van der Waals surface area contributed by atoms with Gasteiger partial charge in [0.2, 0.25) is 5.89 Å². The lowest BCUT2D eigenvalue weighted by Gasteiger charge is -2.24. The molecule has 1 aromatic heterocycles. The first-order chi connectivity index (χ1) is 18.4. The van der Waals surface area contributed by atoms with Crippen LogP contribution in [0.4, 0.5) is 18.9 Å². The van der Waals surface area contributed by atoms with E-state index in [0.717, 1.165) is 16.4 Å². The molecule has 0 bridgehead atoms. The van der Waals surface area contributed by atoms with Gasteiger partial charge < -0.3 is 14.3 Å². The highest BCUT2D eigenvalue weighted by Crippen LogP contribution is 2.37. The predicted molar refractivity (Wildman–Crippen MR) is 140 cm³/mol. The number of aromatic nitrogens is 1. The predicted octanol–water partition coefficient (Wildman–Crippen LogP) is 6.09. The number of nitrogens with zero attached hydrogens (tertiary/aromatic N) is 2. The van der Waals surface area contributed by atoms with Crippen molar-refractivity contribution in [3.8, 4) is 17.2 Å². The third kappa shape index (κ3) is 5.39. The van der Waals surface area contributed by atoms with E-state index in [2.05, 4.69) is 4.98 Å². The van der Waals surface area contributed by atoms with E-state index in [1.54, 1.807) is 31.2 Å². The molecule has 5 rings (SSSR count). The maximum atomic E-state index is 13.4. The van der Waals surface area contributed by atoms with Crippen LogP contribution in [0.25, 0.3) is 11.5 Å². The molecule has 8 nitrogen and oxygen atoms in total. The summed E-state index contributed by atoms with van der Waals surface area (Å²) in [6, 6.07) is 15.4. The largest absolute Gasteiger partial charge is 0.487 e. The van der Waals surface area contributed by atoms with Gasteiger partial charge in [-0.3, -0.25) is 4.31 Å². The van der Waals surface area contributed by atoms with Gasteiger partial charge in [-0.1, -0.05) is 25.6 Å². The third-order valence-corrected chi connectivity index (χ3v) is 8.16. The minimum Gasteiger partial charge on any atom is -0.487 e. The van der Waals surface area contributed by atoms with Gasteiger partial charge in [0, 0.05) is 12.0 Å². The number of aliphatic carboxylic acids is 1. The van der Waals surface area contributed by atoms with Crippen molar-refractivity contribution in [3.63, 3.8) is 0 Å². The highest BCUT2D eigenvalue weighted by molar-refractivity contribution is 7.93. The highest BCUT2D eigenvalue weighted by Gasteiger charge is 2.42. The second-order valence-corrected chi connectivity index (χ2v) is 10.7. The normalized spacial score (nSPS) is 14.9. The molecule has 0 amide bonds. The Morgan fingerprint density at radius 1 is 1.07 bits per heavy atom. The van der Waals surface area contributed by atoms with Crippen molar-refractivity contribution in [2.24, 2.45) is 0 Å². The number of rotatable bonds is 7. The lowest BCUT2D eigenvalue weighted by atomic mass is 10.1. The number of carbonyl (C=O) groups is 1. The molecule has 0 aliphatic carbocycles. The lowest BCUT2D eigenvalue weighted by Crippen LogP contribution is -2.42. The van der Waals surface area contributed by atoms with Gasteiger partial charge in [0.25, 0.3) is 10.0 Å². The maximum absolute atomic E-state index is 13.4. The smallest absolute Gasteiger partial charge is 0.416 e. The van der Waals surface area contributed by atoms with Crippen molar-refractivity contribution >= 4 is 21.7 Å². The van der Waals surface area contributed by atoms with Crippen LogP contribution >= 0.6 is 0 Å². The fraction of sp³-hybridized carbons (Fsp3) is 0.214. The number of hydrogen-bond acceptors (Lipinski definition) is 6. The number of benzene rings is 3. The molecule has 12 heteroatoms. The van der Waals surface area contributed by atoms with Crippen molar-refractivity contribution in [1.29, 1.82) is 0 Å². The van der Waals surface area contributed by atoms with E-state index in [1.165, 1.54) is 36.4 Å². The number of hydrogen-bond donors (Lipinski definition) is 1. The van der Waals surface area contributed by atoms with Crippen LogP contribution in [0.2, 0.25) is 0 Å². The Hall–Kier alpha value is -4.32. The third-order valence-electron chi connectivity index (χ3n) is 6.32. The molecule has 40 heavy (non-hydrogen) atoms. The summed E-state index contributed by atoms with van der Waals surface area (Å²) in [5.41, 5.74) is 0.966. The molecule has 0 fully saturated rings. The first-order valence-electron chi connectivity index (χ1n) is 11.7. The van der Waals surface area contributed by atoms with Crippen LogP contribution < -0.4 is 9.04 Å². The van der Waals surface area contributed by atoms with Crippen molar-refractivity contribution in [2.45, 2.75) is 44.5 Å². The SMILES string of the molecule is C.Cc1oc(-c2ccc(C(F)(F)F)cc2)nc1COc1ccc(S(=O)(=O)N2c3ccccc3C[C@H]2C(=O)O)cc1. The molecule has 2 heterocycles. The molecule has 1 N–H and O–H groups in total. The van der Waals surface area contributed by atoms with Crippen LogP contribution in [0.5, 0.6) is 5.75 Å². The van der Waals surface area contributed by atoms with E-state index in [-0.39, 0.29) is 31.2 Å². The molecular weight excluding hydrogens is 549 g/mol. The molecule has 0 radical (unpaired) electrons. The van der Waals surface area contributed by atoms with E-state index in [9.17, 15) is 31.5 Å². The van der Waals surface area contributed by atoms with Gasteiger partial charge in [0.05, 0.1) is 16.1 Å². The summed E-state index contributed by atoms with van der Waals surface area (Å²) in [4.78, 5) is 16.0. The summed E-state index contributed by atoms with van der Waals surface area (Å²) >= 11 is 0. The molecule has 4 aromatic rings. The summed E-state index contributed by atoms with van der Waals surface area (Å²) in [6.07, 6.45) is -4.38. The number of anilines is 1. The van der Waals surface area contributed by atoms with E-state index < -0.39 is 33.8 Å². The summed E-state index contributed by atoms with van der Waals surface area (Å²) in [6.45, 7) is 1.60. The first kappa shape index (κ1) is 28.7. The maximum Gasteiger partial charge on any atom is 0.416 e. The van der Waals surface area contributed by atoms with E-state index in [0.29, 0.717) is 34.0 Å². The van der Waals surface area contributed by atoms with Gasteiger partial charge in [-0.2, -0.15) is 13.2 Å². The van der Waals surface area contributed by atoms with Gasteiger partial charge in [-0.05, 0) is 67.1 Å². The molecule has 1 atom stereocenters. The molecule has 210 valence electrons. The number of sulfonamides is 1. The topological polar surface area (TPSA) is 110 Å². The zero-order valence-electron chi connectivity index (χ0n) is 20.3. The number of fused-ring (bicyclic) bond motifs is 1. The van der Waals surface area contributed by atoms with Crippen molar-refractivity contribution in [3.05, 3.63) is 95.4 Å². The Bertz CT molecular complexity index is 1630. The summed E-state index contributed by atoms with van der Waals surface area (Å²) < 4.78 is 77.5. The van der Waals surface area contributed by atoms with Crippen LogP contribution in [-0.2, 0) is 34.0 Å². The zero-order chi connectivity index (χ0) is 27.9. The minimum absolute atomic E-state index is 0. The van der Waals surface area contributed by atoms with Crippen LogP contribution in [0, 0.1) is 6.92 Å². The number of oxazole rings is 1.